The molecule has 0 unspecified atom stereocenters. The van der Waals surface area contributed by atoms with Crippen molar-refractivity contribution in [2.75, 3.05) is 0 Å². The first-order valence-electron chi connectivity index (χ1n) is 5.93. The molecule has 1 N–H and O–H groups in total. The van der Waals surface area contributed by atoms with Crippen LogP contribution in [0, 0.1) is 6.92 Å². The third-order valence-electron chi connectivity index (χ3n) is 3.20. The number of aromatic nitrogens is 3. The number of aromatic amines is 1. The summed E-state index contributed by atoms with van der Waals surface area (Å²) in [5.74, 6) is 0.130. The van der Waals surface area contributed by atoms with Gasteiger partial charge in [-0.2, -0.15) is 5.10 Å². The van der Waals surface area contributed by atoms with Crippen LogP contribution in [0.1, 0.15) is 22.5 Å². The SMILES string of the molecule is Cc1ccc(CC(=O)N2Cc3cn[nH]c3C2)cn1. The van der Waals surface area contributed by atoms with Crippen LogP contribution in [-0.2, 0) is 24.3 Å². The maximum atomic E-state index is 12.1. The first kappa shape index (κ1) is 11.0. The number of aryl methyl sites for hydroxylation is 1. The number of carbonyl (C=O) groups excluding carboxylic acids is 1. The molecule has 0 saturated carbocycles. The van der Waals surface area contributed by atoms with Crippen LogP contribution < -0.4 is 0 Å². The number of pyridine rings is 1. The Bertz CT molecular complexity index is 552. The molecule has 0 bridgehead atoms. The minimum Gasteiger partial charge on any atom is -0.332 e. The van der Waals surface area contributed by atoms with Crippen LogP contribution in [0.4, 0.5) is 0 Å². The molecule has 0 atom stereocenters. The molecule has 1 amide bonds. The van der Waals surface area contributed by atoms with Crippen LogP contribution in [0.5, 0.6) is 0 Å². The number of fused-ring (bicyclic) bond motifs is 1. The minimum absolute atomic E-state index is 0.130. The smallest absolute Gasteiger partial charge is 0.227 e. The number of carbonyl (C=O) groups is 1. The molecule has 1 aliphatic rings. The van der Waals surface area contributed by atoms with Gasteiger partial charge in [-0.1, -0.05) is 6.07 Å². The van der Waals surface area contributed by atoms with E-state index in [9.17, 15) is 4.79 Å². The predicted molar refractivity (Wildman–Crippen MR) is 65.5 cm³/mol. The average molecular weight is 242 g/mol. The molecule has 0 aliphatic carbocycles. The molecule has 0 spiro atoms. The minimum atomic E-state index is 0.130. The Morgan fingerprint density at radius 2 is 2.28 bits per heavy atom. The number of hydrogen-bond donors (Lipinski definition) is 1. The predicted octanol–water partition coefficient (Wildman–Crippen LogP) is 1.20. The van der Waals surface area contributed by atoms with Crippen molar-refractivity contribution >= 4 is 5.91 Å². The monoisotopic (exact) mass is 242 g/mol. The Kier molecular flexibility index (Phi) is 2.59. The number of rotatable bonds is 2. The second-order valence-electron chi connectivity index (χ2n) is 4.61. The second-order valence-corrected chi connectivity index (χ2v) is 4.61. The van der Waals surface area contributed by atoms with E-state index in [2.05, 4.69) is 15.2 Å². The number of amides is 1. The summed E-state index contributed by atoms with van der Waals surface area (Å²) in [7, 11) is 0. The normalized spacial score (nSPS) is 13.7. The van der Waals surface area contributed by atoms with Crippen molar-refractivity contribution in [1.82, 2.24) is 20.1 Å². The van der Waals surface area contributed by atoms with Crippen molar-refractivity contribution < 1.29 is 4.79 Å². The first-order valence-corrected chi connectivity index (χ1v) is 5.93. The van der Waals surface area contributed by atoms with Gasteiger partial charge in [-0.15, -0.1) is 0 Å². The van der Waals surface area contributed by atoms with E-state index < -0.39 is 0 Å². The standard InChI is InChI=1S/C13H14N4O/c1-9-2-3-10(5-14-9)4-13(18)17-7-11-6-15-16-12(11)8-17/h2-3,5-6H,4,7-8H2,1H3,(H,15,16). The summed E-state index contributed by atoms with van der Waals surface area (Å²) in [4.78, 5) is 18.2. The van der Waals surface area contributed by atoms with E-state index in [1.807, 2.05) is 24.0 Å². The van der Waals surface area contributed by atoms with Gasteiger partial charge >= 0.3 is 0 Å². The molecule has 5 nitrogen and oxygen atoms in total. The maximum Gasteiger partial charge on any atom is 0.227 e. The number of hydrogen-bond acceptors (Lipinski definition) is 3. The highest BCUT2D eigenvalue weighted by Gasteiger charge is 2.24. The maximum absolute atomic E-state index is 12.1. The van der Waals surface area contributed by atoms with Gasteiger partial charge in [0, 0.05) is 24.0 Å². The summed E-state index contributed by atoms with van der Waals surface area (Å²) in [6, 6.07) is 3.89. The van der Waals surface area contributed by atoms with Crippen molar-refractivity contribution in [2.45, 2.75) is 26.4 Å². The van der Waals surface area contributed by atoms with Gasteiger partial charge in [0.05, 0.1) is 24.9 Å². The van der Waals surface area contributed by atoms with Crippen LogP contribution in [0.25, 0.3) is 0 Å². The zero-order valence-electron chi connectivity index (χ0n) is 10.2. The summed E-state index contributed by atoms with van der Waals surface area (Å²) in [5.41, 5.74) is 4.09. The van der Waals surface area contributed by atoms with E-state index in [0.29, 0.717) is 19.5 Å². The van der Waals surface area contributed by atoms with Crippen molar-refractivity contribution in [2.24, 2.45) is 0 Å². The summed E-state index contributed by atoms with van der Waals surface area (Å²) in [6.07, 6.45) is 3.96. The zero-order chi connectivity index (χ0) is 12.5. The zero-order valence-corrected chi connectivity index (χ0v) is 10.2. The molecular weight excluding hydrogens is 228 g/mol. The van der Waals surface area contributed by atoms with Crippen LogP contribution in [0.15, 0.2) is 24.5 Å². The van der Waals surface area contributed by atoms with Gasteiger partial charge in [0.25, 0.3) is 0 Å². The van der Waals surface area contributed by atoms with Crippen molar-refractivity contribution in [3.8, 4) is 0 Å². The van der Waals surface area contributed by atoms with E-state index in [-0.39, 0.29) is 5.91 Å². The summed E-state index contributed by atoms with van der Waals surface area (Å²) >= 11 is 0. The fourth-order valence-corrected chi connectivity index (χ4v) is 2.13. The lowest BCUT2D eigenvalue weighted by Gasteiger charge is -2.15. The molecule has 18 heavy (non-hydrogen) atoms. The van der Waals surface area contributed by atoms with Crippen LogP contribution in [-0.4, -0.2) is 26.0 Å². The average Bonchev–Trinajstić information content (AvgIpc) is 2.92. The number of H-pyrrole nitrogens is 1. The molecule has 5 heteroatoms. The summed E-state index contributed by atoms with van der Waals surface area (Å²) in [5, 5.41) is 6.88. The lowest BCUT2D eigenvalue weighted by atomic mass is 10.2. The van der Waals surface area contributed by atoms with Crippen LogP contribution in [0.2, 0.25) is 0 Å². The molecule has 0 radical (unpaired) electrons. The van der Waals surface area contributed by atoms with Gasteiger partial charge in [0.1, 0.15) is 0 Å². The van der Waals surface area contributed by atoms with Gasteiger partial charge in [0.2, 0.25) is 5.91 Å². The van der Waals surface area contributed by atoms with Gasteiger partial charge in [-0.05, 0) is 18.6 Å². The number of nitrogens with one attached hydrogen (secondary N) is 1. The molecule has 0 aromatic carbocycles. The fourth-order valence-electron chi connectivity index (χ4n) is 2.13. The third kappa shape index (κ3) is 1.99. The lowest BCUT2D eigenvalue weighted by molar-refractivity contribution is -0.131. The molecule has 2 aromatic rings. The molecule has 92 valence electrons. The Morgan fingerprint density at radius 1 is 1.39 bits per heavy atom. The molecule has 3 heterocycles. The van der Waals surface area contributed by atoms with E-state index in [1.165, 1.54) is 0 Å². The van der Waals surface area contributed by atoms with Gasteiger partial charge < -0.3 is 4.90 Å². The molecule has 0 fully saturated rings. The Balaban J connectivity index is 1.66. The summed E-state index contributed by atoms with van der Waals surface area (Å²) in [6.45, 7) is 3.23. The van der Waals surface area contributed by atoms with Crippen LogP contribution >= 0.6 is 0 Å². The molecule has 2 aromatic heterocycles. The molecular formula is C13H14N4O. The van der Waals surface area contributed by atoms with E-state index in [4.69, 9.17) is 0 Å². The highest BCUT2D eigenvalue weighted by atomic mass is 16.2. The fraction of sp³-hybridized carbons (Fsp3) is 0.308. The summed E-state index contributed by atoms with van der Waals surface area (Å²) < 4.78 is 0. The highest BCUT2D eigenvalue weighted by Crippen LogP contribution is 2.20. The van der Waals surface area contributed by atoms with Gasteiger partial charge in [-0.3, -0.25) is 14.9 Å². The quantitative estimate of drug-likeness (QED) is 0.860. The first-order chi connectivity index (χ1) is 8.72. The van der Waals surface area contributed by atoms with Gasteiger partial charge in [0.15, 0.2) is 0 Å². The van der Waals surface area contributed by atoms with Crippen molar-refractivity contribution in [3.05, 3.63) is 47.0 Å². The van der Waals surface area contributed by atoms with E-state index in [0.717, 1.165) is 22.5 Å². The molecule has 1 aliphatic heterocycles. The molecule has 0 saturated heterocycles. The van der Waals surface area contributed by atoms with Crippen molar-refractivity contribution in [3.63, 3.8) is 0 Å². The number of nitrogens with zero attached hydrogens (tertiary/aromatic N) is 3. The lowest BCUT2D eigenvalue weighted by Crippen LogP contribution is -2.27. The van der Waals surface area contributed by atoms with Crippen molar-refractivity contribution in [1.29, 1.82) is 0 Å². The second kappa shape index (κ2) is 4.25. The van der Waals surface area contributed by atoms with E-state index >= 15 is 0 Å². The highest BCUT2D eigenvalue weighted by molar-refractivity contribution is 5.79. The van der Waals surface area contributed by atoms with Gasteiger partial charge in [-0.25, -0.2) is 0 Å². The molecule has 3 rings (SSSR count). The Morgan fingerprint density at radius 3 is 3.00 bits per heavy atom. The Hall–Kier alpha value is -2.17. The Labute approximate surface area is 105 Å². The van der Waals surface area contributed by atoms with E-state index in [1.54, 1.807) is 12.4 Å². The topological polar surface area (TPSA) is 61.9 Å². The largest absolute Gasteiger partial charge is 0.332 e. The van der Waals surface area contributed by atoms with Crippen LogP contribution in [0.3, 0.4) is 0 Å². The third-order valence-corrected chi connectivity index (χ3v) is 3.20.